The predicted molar refractivity (Wildman–Crippen MR) is 96.8 cm³/mol. The Morgan fingerprint density at radius 3 is 2.58 bits per heavy atom. The molecule has 126 valence electrons. The Morgan fingerprint density at radius 1 is 1.25 bits per heavy atom. The van der Waals surface area contributed by atoms with E-state index in [1.807, 2.05) is 26.0 Å². The fourth-order valence-electron chi connectivity index (χ4n) is 2.95. The average Bonchev–Trinajstić information content (AvgIpc) is 2.47. The summed E-state index contributed by atoms with van der Waals surface area (Å²) in [6.07, 6.45) is 0.608. The van der Waals surface area contributed by atoms with Crippen molar-refractivity contribution >= 4 is 34.8 Å². The number of nitrogens with two attached hydrogens (primary N) is 1. The molecule has 0 aliphatic carbocycles. The Labute approximate surface area is 150 Å². The van der Waals surface area contributed by atoms with Crippen molar-refractivity contribution in [2.45, 2.75) is 31.9 Å². The summed E-state index contributed by atoms with van der Waals surface area (Å²) in [7, 11) is 0. The highest BCUT2D eigenvalue weighted by atomic mass is 35.5. The number of ether oxygens (including phenoxy) is 1. The highest BCUT2D eigenvalue weighted by Gasteiger charge is 2.35. The fraction of sp³-hybridized carbons (Fsp3) is 0.278. The summed E-state index contributed by atoms with van der Waals surface area (Å²) in [6, 6.07) is 10.2. The molecule has 1 unspecified atom stereocenters. The molecule has 3 N–H and O–H groups in total. The number of hydrogen-bond acceptors (Lipinski definition) is 3. The summed E-state index contributed by atoms with van der Waals surface area (Å²) in [6.45, 7) is 3.96. The SMILES string of the molecule is CC1(C)CC(NC(=O)c2c(Cl)cccc2Cl)c2cc(N)ccc2O1. The summed E-state index contributed by atoms with van der Waals surface area (Å²) < 4.78 is 5.98. The molecule has 0 aromatic heterocycles. The van der Waals surface area contributed by atoms with Gasteiger partial charge >= 0.3 is 0 Å². The van der Waals surface area contributed by atoms with Gasteiger partial charge in [0.1, 0.15) is 11.4 Å². The minimum absolute atomic E-state index is 0.243. The largest absolute Gasteiger partial charge is 0.487 e. The number of amides is 1. The molecule has 0 saturated heterocycles. The van der Waals surface area contributed by atoms with E-state index in [9.17, 15) is 4.79 Å². The number of benzene rings is 2. The van der Waals surface area contributed by atoms with Crippen LogP contribution in [-0.2, 0) is 0 Å². The van der Waals surface area contributed by atoms with Gasteiger partial charge in [0.15, 0.2) is 0 Å². The van der Waals surface area contributed by atoms with Crippen LogP contribution in [0, 0.1) is 0 Å². The molecule has 0 spiro atoms. The number of carbonyl (C=O) groups excluding carboxylic acids is 1. The standard InChI is InChI=1S/C18H18Cl2N2O2/c1-18(2)9-14(11-8-10(21)6-7-15(11)24-18)22-17(23)16-12(19)4-3-5-13(16)20/h3-8,14H,9,21H2,1-2H3,(H,22,23). The van der Waals surface area contributed by atoms with Crippen molar-refractivity contribution in [2.24, 2.45) is 0 Å². The van der Waals surface area contributed by atoms with Crippen molar-refractivity contribution in [3.8, 4) is 5.75 Å². The zero-order valence-electron chi connectivity index (χ0n) is 13.4. The number of hydrogen-bond donors (Lipinski definition) is 2. The van der Waals surface area contributed by atoms with Gasteiger partial charge in [-0.1, -0.05) is 29.3 Å². The second-order valence-corrected chi connectivity index (χ2v) is 7.30. The average molecular weight is 365 g/mol. The maximum absolute atomic E-state index is 12.7. The van der Waals surface area contributed by atoms with Crippen LogP contribution in [0.15, 0.2) is 36.4 Å². The van der Waals surface area contributed by atoms with Crippen molar-refractivity contribution in [3.05, 3.63) is 57.6 Å². The summed E-state index contributed by atoms with van der Waals surface area (Å²) in [4.78, 5) is 12.7. The van der Waals surface area contributed by atoms with Gasteiger partial charge in [-0.15, -0.1) is 0 Å². The number of halogens is 2. The summed E-state index contributed by atoms with van der Waals surface area (Å²) in [5, 5.41) is 3.65. The number of nitrogen functional groups attached to an aromatic ring is 1. The molecule has 1 heterocycles. The minimum atomic E-state index is -0.411. The van der Waals surface area contributed by atoms with Gasteiger partial charge in [-0.2, -0.15) is 0 Å². The van der Waals surface area contributed by atoms with Gasteiger partial charge < -0.3 is 15.8 Å². The first-order chi connectivity index (χ1) is 11.3. The highest BCUT2D eigenvalue weighted by molar-refractivity contribution is 6.39. The van der Waals surface area contributed by atoms with Gasteiger partial charge in [-0.25, -0.2) is 0 Å². The van der Waals surface area contributed by atoms with Crippen LogP contribution >= 0.6 is 23.2 Å². The fourth-order valence-corrected chi connectivity index (χ4v) is 3.52. The van der Waals surface area contributed by atoms with Gasteiger partial charge in [0.2, 0.25) is 0 Å². The van der Waals surface area contributed by atoms with Crippen LogP contribution in [0.3, 0.4) is 0 Å². The topological polar surface area (TPSA) is 64.4 Å². The third-order valence-corrected chi connectivity index (χ3v) is 4.62. The third kappa shape index (κ3) is 3.30. The second-order valence-electron chi connectivity index (χ2n) is 6.49. The van der Waals surface area contributed by atoms with Crippen molar-refractivity contribution in [3.63, 3.8) is 0 Å². The van der Waals surface area contributed by atoms with Gasteiger partial charge in [0.05, 0.1) is 21.7 Å². The number of nitrogens with one attached hydrogen (secondary N) is 1. The molecule has 1 aliphatic rings. The maximum atomic E-state index is 12.7. The molecule has 3 rings (SSSR count). The Morgan fingerprint density at radius 2 is 1.92 bits per heavy atom. The monoisotopic (exact) mass is 364 g/mol. The Hall–Kier alpha value is -1.91. The lowest BCUT2D eigenvalue weighted by Gasteiger charge is -2.38. The molecule has 2 aromatic rings. The van der Waals surface area contributed by atoms with Gasteiger partial charge in [-0.05, 0) is 44.2 Å². The Balaban J connectivity index is 1.95. The molecule has 4 nitrogen and oxygen atoms in total. The van der Waals surface area contributed by atoms with E-state index in [2.05, 4.69) is 5.32 Å². The molecule has 1 amide bonds. The van der Waals surface area contributed by atoms with E-state index in [1.165, 1.54) is 0 Å². The van der Waals surface area contributed by atoms with E-state index in [4.69, 9.17) is 33.7 Å². The maximum Gasteiger partial charge on any atom is 0.254 e. The zero-order chi connectivity index (χ0) is 17.5. The molecular weight excluding hydrogens is 347 g/mol. The molecule has 6 heteroatoms. The van der Waals surface area contributed by atoms with Crippen molar-refractivity contribution in [1.82, 2.24) is 5.32 Å². The first kappa shape index (κ1) is 16.9. The molecular formula is C18H18Cl2N2O2. The van der Waals surface area contributed by atoms with Crippen LogP contribution in [0.5, 0.6) is 5.75 Å². The van der Waals surface area contributed by atoms with Crippen LogP contribution in [-0.4, -0.2) is 11.5 Å². The Kier molecular flexibility index (Phi) is 4.37. The molecule has 0 radical (unpaired) electrons. The lowest BCUT2D eigenvalue weighted by atomic mass is 9.89. The molecule has 0 saturated carbocycles. The van der Waals surface area contributed by atoms with E-state index >= 15 is 0 Å². The van der Waals surface area contributed by atoms with Crippen molar-refractivity contribution in [1.29, 1.82) is 0 Å². The molecule has 0 bridgehead atoms. The van der Waals surface area contributed by atoms with Crippen LogP contribution in [0.25, 0.3) is 0 Å². The van der Waals surface area contributed by atoms with Crippen LogP contribution < -0.4 is 15.8 Å². The second kappa shape index (κ2) is 6.19. The number of anilines is 1. The van der Waals surface area contributed by atoms with E-state index in [0.29, 0.717) is 22.2 Å². The van der Waals surface area contributed by atoms with E-state index in [0.717, 1.165) is 11.3 Å². The molecule has 0 fully saturated rings. The lowest BCUT2D eigenvalue weighted by Crippen LogP contribution is -2.41. The molecule has 1 atom stereocenters. The highest BCUT2D eigenvalue weighted by Crippen LogP contribution is 2.40. The van der Waals surface area contributed by atoms with Crippen LogP contribution in [0.4, 0.5) is 5.69 Å². The number of fused-ring (bicyclic) bond motifs is 1. The molecule has 1 aliphatic heterocycles. The minimum Gasteiger partial charge on any atom is -0.487 e. The van der Waals surface area contributed by atoms with Crippen LogP contribution in [0.2, 0.25) is 10.0 Å². The number of rotatable bonds is 2. The summed E-state index contributed by atoms with van der Waals surface area (Å²) in [5.74, 6) is 0.401. The van der Waals surface area contributed by atoms with E-state index in [1.54, 1.807) is 24.3 Å². The van der Waals surface area contributed by atoms with Gasteiger partial charge in [0.25, 0.3) is 5.91 Å². The zero-order valence-corrected chi connectivity index (χ0v) is 14.9. The predicted octanol–water partition coefficient (Wildman–Crippen LogP) is 4.61. The lowest BCUT2D eigenvalue weighted by molar-refractivity contribution is 0.0620. The molecule has 24 heavy (non-hydrogen) atoms. The van der Waals surface area contributed by atoms with E-state index < -0.39 is 5.60 Å². The quantitative estimate of drug-likeness (QED) is 0.764. The first-order valence-corrected chi connectivity index (χ1v) is 8.36. The summed E-state index contributed by atoms with van der Waals surface area (Å²) >= 11 is 12.3. The van der Waals surface area contributed by atoms with Crippen LogP contribution in [0.1, 0.15) is 42.2 Å². The van der Waals surface area contributed by atoms with Crippen molar-refractivity contribution in [2.75, 3.05) is 5.73 Å². The third-order valence-electron chi connectivity index (χ3n) is 3.99. The van der Waals surface area contributed by atoms with Gasteiger partial charge in [0, 0.05) is 17.7 Å². The Bertz CT molecular complexity index is 785. The van der Waals surface area contributed by atoms with Gasteiger partial charge in [-0.3, -0.25) is 4.79 Å². The van der Waals surface area contributed by atoms with E-state index in [-0.39, 0.29) is 17.5 Å². The van der Waals surface area contributed by atoms with Crippen molar-refractivity contribution < 1.29 is 9.53 Å². The number of carbonyl (C=O) groups is 1. The summed E-state index contributed by atoms with van der Waals surface area (Å²) in [5.41, 5.74) is 7.22. The molecule has 2 aromatic carbocycles. The first-order valence-electron chi connectivity index (χ1n) is 7.60. The smallest absolute Gasteiger partial charge is 0.254 e. The normalized spacial score (nSPS) is 18.4.